The Labute approximate surface area is 173 Å². The van der Waals surface area contributed by atoms with Gasteiger partial charge in [-0.1, -0.05) is 48.5 Å². The first-order chi connectivity index (χ1) is 14.5. The van der Waals surface area contributed by atoms with Gasteiger partial charge in [-0.25, -0.2) is 4.79 Å². The number of fused-ring (bicyclic) bond motifs is 1. The van der Waals surface area contributed by atoms with Crippen LogP contribution in [0.2, 0.25) is 0 Å². The number of carbonyl (C=O) groups excluding carboxylic acids is 2. The van der Waals surface area contributed by atoms with Crippen LogP contribution >= 0.6 is 0 Å². The maximum absolute atomic E-state index is 12.7. The van der Waals surface area contributed by atoms with Crippen LogP contribution in [0.15, 0.2) is 60.7 Å². The summed E-state index contributed by atoms with van der Waals surface area (Å²) in [6.07, 6.45) is -4.48. The predicted molar refractivity (Wildman–Crippen MR) is 104 cm³/mol. The van der Waals surface area contributed by atoms with Gasteiger partial charge >= 0.3 is 5.97 Å². The van der Waals surface area contributed by atoms with E-state index in [1.165, 1.54) is 6.92 Å². The normalized spacial score (nSPS) is 30.7. The van der Waals surface area contributed by atoms with Gasteiger partial charge in [-0.05, 0) is 12.1 Å². The smallest absolute Gasteiger partial charge is 0.338 e. The number of hydrogen-bond acceptors (Lipinski definition) is 7. The molecule has 2 unspecified atom stereocenters. The van der Waals surface area contributed by atoms with Gasteiger partial charge in [0.05, 0.1) is 12.2 Å². The van der Waals surface area contributed by atoms with E-state index in [1.54, 1.807) is 30.3 Å². The van der Waals surface area contributed by atoms with Gasteiger partial charge in [0.2, 0.25) is 5.91 Å². The fourth-order valence-corrected chi connectivity index (χ4v) is 3.66. The summed E-state index contributed by atoms with van der Waals surface area (Å²) in [6.45, 7) is 1.44. The van der Waals surface area contributed by atoms with Gasteiger partial charge in [0.15, 0.2) is 18.7 Å². The number of ether oxygens (including phenoxy) is 4. The zero-order valence-electron chi connectivity index (χ0n) is 16.3. The summed E-state index contributed by atoms with van der Waals surface area (Å²) in [4.78, 5) is 24.5. The number of benzene rings is 2. The summed E-state index contributed by atoms with van der Waals surface area (Å²) in [5, 5.41) is 13.1. The molecule has 0 aliphatic carbocycles. The molecule has 2 heterocycles. The minimum Gasteiger partial charge on any atom is -0.453 e. The Morgan fingerprint density at radius 2 is 1.70 bits per heavy atom. The highest BCUT2D eigenvalue weighted by atomic mass is 16.7. The lowest BCUT2D eigenvalue weighted by atomic mass is 9.95. The molecule has 2 aromatic carbocycles. The summed E-state index contributed by atoms with van der Waals surface area (Å²) < 4.78 is 23.2. The van der Waals surface area contributed by atoms with Crippen LogP contribution in [-0.2, 0) is 23.7 Å². The SMILES string of the molecule is CC(=O)N[C@H]1C(O)O[C@@H]2COC(c3ccccc3)O[C@@H]2[C@@H]1OC(=O)c1ccccc1. The van der Waals surface area contributed by atoms with Gasteiger partial charge < -0.3 is 29.4 Å². The molecular weight excluding hydrogens is 390 g/mol. The second kappa shape index (κ2) is 8.93. The molecular formula is C22H23NO7. The third kappa shape index (κ3) is 4.36. The summed E-state index contributed by atoms with van der Waals surface area (Å²) in [5.41, 5.74) is 1.15. The van der Waals surface area contributed by atoms with Crippen molar-refractivity contribution in [2.45, 2.75) is 43.9 Å². The average molecular weight is 413 g/mol. The molecule has 2 fully saturated rings. The molecule has 6 atom stereocenters. The van der Waals surface area contributed by atoms with E-state index in [9.17, 15) is 14.7 Å². The number of esters is 1. The Kier molecular flexibility index (Phi) is 6.10. The molecule has 0 spiro atoms. The van der Waals surface area contributed by atoms with E-state index in [0.717, 1.165) is 5.56 Å². The number of aliphatic hydroxyl groups excluding tert-OH is 1. The molecule has 2 aliphatic rings. The lowest BCUT2D eigenvalue weighted by molar-refractivity contribution is -0.337. The molecule has 0 bridgehead atoms. The summed E-state index contributed by atoms with van der Waals surface area (Å²) in [6, 6.07) is 16.8. The van der Waals surface area contributed by atoms with Crippen LogP contribution in [-0.4, -0.2) is 54.2 Å². The number of nitrogens with one attached hydrogen (secondary N) is 1. The van der Waals surface area contributed by atoms with Crippen LogP contribution < -0.4 is 5.32 Å². The van der Waals surface area contributed by atoms with Crippen molar-refractivity contribution in [2.75, 3.05) is 6.61 Å². The van der Waals surface area contributed by atoms with Crippen molar-refractivity contribution < 1.29 is 33.6 Å². The van der Waals surface area contributed by atoms with E-state index >= 15 is 0 Å². The average Bonchev–Trinajstić information content (AvgIpc) is 2.77. The van der Waals surface area contributed by atoms with Gasteiger partial charge in [0.25, 0.3) is 0 Å². The molecule has 2 aromatic rings. The highest BCUT2D eigenvalue weighted by molar-refractivity contribution is 5.89. The van der Waals surface area contributed by atoms with E-state index in [0.29, 0.717) is 5.56 Å². The minimum absolute atomic E-state index is 0.132. The molecule has 2 aliphatic heterocycles. The molecule has 2 N–H and O–H groups in total. The van der Waals surface area contributed by atoms with Gasteiger partial charge in [0.1, 0.15) is 18.2 Å². The molecule has 8 nitrogen and oxygen atoms in total. The van der Waals surface area contributed by atoms with Crippen LogP contribution in [0.1, 0.15) is 29.1 Å². The fraction of sp³-hybridized carbons (Fsp3) is 0.364. The van der Waals surface area contributed by atoms with Crippen molar-refractivity contribution >= 4 is 11.9 Å². The second-order valence-electron chi connectivity index (χ2n) is 7.20. The topological polar surface area (TPSA) is 103 Å². The Morgan fingerprint density at radius 3 is 2.37 bits per heavy atom. The lowest BCUT2D eigenvalue weighted by Gasteiger charge is -2.47. The first kappa shape index (κ1) is 20.5. The van der Waals surface area contributed by atoms with E-state index in [1.807, 2.05) is 30.3 Å². The Hall–Kier alpha value is -2.78. The zero-order chi connectivity index (χ0) is 21.1. The maximum Gasteiger partial charge on any atom is 0.338 e. The Morgan fingerprint density at radius 1 is 1.03 bits per heavy atom. The molecule has 0 radical (unpaired) electrons. The fourth-order valence-electron chi connectivity index (χ4n) is 3.66. The van der Waals surface area contributed by atoms with E-state index in [-0.39, 0.29) is 6.61 Å². The van der Waals surface area contributed by atoms with Gasteiger partial charge in [-0.2, -0.15) is 0 Å². The van der Waals surface area contributed by atoms with Gasteiger partial charge in [0, 0.05) is 12.5 Å². The highest BCUT2D eigenvalue weighted by Gasteiger charge is 2.52. The first-order valence-electron chi connectivity index (χ1n) is 9.71. The quantitative estimate of drug-likeness (QED) is 0.733. The van der Waals surface area contributed by atoms with E-state index < -0.39 is 48.8 Å². The van der Waals surface area contributed by atoms with Crippen molar-refractivity contribution in [2.24, 2.45) is 0 Å². The third-order valence-corrected chi connectivity index (χ3v) is 5.05. The van der Waals surface area contributed by atoms with Crippen LogP contribution in [0.5, 0.6) is 0 Å². The predicted octanol–water partition coefficient (Wildman–Crippen LogP) is 1.55. The van der Waals surface area contributed by atoms with Crippen molar-refractivity contribution in [3.8, 4) is 0 Å². The van der Waals surface area contributed by atoms with E-state index in [2.05, 4.69) is 5.32 Å². The molecule has 30 heavy (non-hydrogen) atoms. The Bertz CT molecular complexity index is 876. The number of hydrogen-bond donors (Lipinski definition) is 2. The Balaban J connectivity index is 1.61. The van der Waals surface area contributed by atoms with Crippen LogP contribution in [0.3, 0.4) is 0 Å². The summed E-state index contributed by atoms with van der Waals surface area (Å²) in [7, 11) is 0. The third-order valence-electron chi connectivity index (χ3n) is 5.05. The molecule has 2 saturated heterocycles. The molecule has 0 saturated carbocycles. The van der Waals surface area contributed by atoms with Crippen LogP contribution in [0.4, 0.5) is 0 Å². The molecule has 4 rings (SSSR count). The lowest BCUT2D eigenvalue weighted by Crippen LogP contribution is -2.67. The zero-order valence-corrected chi connectivity index (χ0v) is 16.3. The summed E-state index contributed by atoms with van der Waals surface area (Å²) in [5.74, 6) is -0.983. The molecule has 1 amide bonds. The highest BCUT2D eigenvalue weighted by Crippen LogP contribution is 2.35. The van der Waals surface area contributed by atoms with Crippen molar-refractivity contribution in [3.63, 3.8) is 0 Å². The van der Waals surface area contributed by atoms with Crippen molar-refractivity contribution in [1.82, 2.24) is 5.32 Å². The van der Waals surface area contributed by atoms with Crippen LogP contribution in [0, 0.1) is 0 Å². The second-order valence-corrected chi connectivity index (χ2v) is 7.20. The molecule has 0 aromatic heterocycles. The number of aliphatic hydroxyl groups is 1. The van der Waals surface area contributed by atoms with E-state index in [4.69, 9.17) is 18.9 Å². The standard InChI is InChI=1S/C22H23NO7/c1-13(24)23-17-19(29-20(25)14-8-4-2-5-9-14)18-16(28-21(17)26)12-27-22(30-18)15-10-6-3-7-11-15/h2-11,16-19,21-22,26H,12H2,1H3,(H,23,24)/t16-,17-,18+,19-,21?,22?/m1/s1. The van der Waals surface area contributed by atoms with Crippen LogP contribution in [0.25, 0.3) is 0 Å². The monoisotopic (exact) mass is 413 g/mol. The number of carbonyl (C=O) groups is 2. The van der Waals surface area contributed by atoms with Crippen molar-refractivity contribution in [3.05, 3.63) is 71.8 Å². The number of rotatable bonds is 4. The van der Waals surface area contributed by atoms with Crippen molar-refractivity contribution in [1.29, 1.82) is 0 Å². The maximum atomic E-state index is 12.7. The van der Waals surface area contributed by atoms with Gasteiger partial charge in [-0.3, -0.25) is 4.79 Å². The number of amides is 1. The first-order valence-corrected chi connectivity index (χ1v) is 9.71. The largest absolute Gasteiger partial charge is 0.453 e. The molecule has 8 heteroatoms. The molecule has 158 valence electrons. The minimum atomic E-state index is -1.39. The van der Waals surface area contributed by atoms with Gasteiger partial charge in [-0.15, -0.1) is 0 Å². The summed E-state index contributed by atoms with van der Waals surface area (Å²) >= 11 is 0.